The molecule has 4 rings (SSSR count). The molecule has 0 unspecified atom stereocenters. The summed E-state index contributed by atoms with van der Waals surface area (Å²) in [4.78, 5) is 25.7. The molecule has 4 aromatic rings. The molecule has 0 aliphatic heterocycles. The molecule has 0 spiro atoms. The largest absolute Gasteiger partial charge is 0.324 e. The Bertz CT molecular complexity index is 1340. The highest BCUT2D eigenvalue weighted by Crippen LogP contribution is 2.25. The van der Waals surface area contributed by atoms with Crippen LogP contribution in [0.25, 0.3) is 16.7 Å². The number of hydrogen-bond acceptors (Lipinski definition) is 3. The lowest BCUT2D eigenvalue weighted by atomic mass is 10.1. The predicted octanol–water partition coefficient (Wildman–Crippen LogP) is 4.14. The van der Waals surface area contributed by atoms with Crippen molar-refractivity contribution < 1.29 is 9.18 Å². The third-order valence-electron chi connectivity index (χ3n) is 5.25. The summed E-state index contributed by atoms with van der Waals surface area (Å²) in [7, 11) is 0. The Kier molecular flexibility index (Phi) is 5.42. The number of benzene rings is 2. The van der Waals surface area contributed by atoms with E-state index in [1.54, 1.807) is 16.8 Å². The van der Waals surface area contributed by atoms with Gasteiger partial charge in [-0.15, -0.1) is 0 Å². The Hall–Kier alpha value is -3.74. The van der Waals surface area contributed by atoms with E-state index in [4.69, 9.17) is 0 Å². The monoisotopic (exact) mass is 418 g/mol. The first-order chi connectivity index (χ1) is 14.9. The Labute approximate surface area is 178 Å². The van der Waals surface area contributed by atoms with E-state index in [0.29, 0.717) is 17.8 Å². The SMILES string of the molecule is CCc1cc(=O)n(CC(=O)Nc2cccc(F)c2)c2c1c(C)nn2-c1ccc(C)cc1. The number of halogens is 1. The van der Waals surface area contributed by atoms with Crippen molar-refractivity contribution in [3.05, 3.63) is 87.6 Å². The summed E-state index contributed by atoms with van der Waals surface area (Å²) >= 11 is 0. The fourth-order valence-electron chi connectivity index (χ4n) is 3.75. The van der Waals surface area contributed by atoms with Crippen molar-refractivity contribution in [2.75, 3.05) is 5.32 Å². The lowest BCUT2D eigenvalue weighted by Gasteiger charge is -2.13. The first kappa shape index (κ1) is 20.5. The summed E-state index contributed by atoms with van der Waals surface area (Å²) in [6.45, 7) is 5.66. The molecular weight excluding hydrogens is 395 g/mol. The van der Waals surface area contributed by atoms with Crippen LogP contribution in [0.15, 0.2) is 59.4 Å². The number of anilines is 1. The van der Waals surface area contributed by atoms with Crippen molar-refractivity contribution in [3.63, 3.8) is 0 Å². The summed E-state index contributed by atoms with van der Waals surface area (Å²) in [5, 5.41) is 8.20. The van der Waals surface area contributed by atoms with Crippen LogP contribution >= 0.6 is 0 Å². The Balaban J connectivity index is 1.84. The van der Waals surface area contributed by atoms with E-state index in [2.05, 4.69) is 10.4 Å². The minimum atomic E-state index is -0.447. The van der Waals surface area contributed by atoms with E-state index in [-0.39, 0.29) is 12.1 Å². The topological polar surface area (TPSA) is 68.9 Å². The maximum absolute atomic E-state index is 13.5. The van der Waals surface area contributed by atoms with Crippen molar-refractivity contribution >= 4 is 22.6 Å². The maximum atomic E-state index is 13.5. The lowest BCUT2D eigenvalue weighted by molar-refractivity contribution is -0.116. The van der Waals surface area contributed by atoms with Gasteiger partial charge in [-0.2, -0.15) is 5.10 Å². The van der Waals surface area contributed by atoms with E-state index in [9.17, 15) is 14.0 Å². The Morgan fingerprint density at radius 2 is 1.84 bits per heavy atom. The molecule has 1 amide bonds. The van der Waals surface area contributed by atoms with Gasteiger partial charge in [0.15, 0.2) is 0 Å². The highest BCUT2D eigenvalue weighted by molar-refractivity contribution is 5.92. The molecule has 2 heterocycles. The van der Waals surface area contributed by atoms with Crippen molar-refractivity contribution in [2.45, 2.75) is 33.7 Å². The van der Waals surface area contributed by atoms with Gasteiger partial charge >= 0.3 is 0 Å². The van der Waals surface area contributed by atoms with E-state index in [1.165, 1.54) is 22.8 Å². The van der Waals surface area contributed by atoms with Gasteiger partial charge in [0, 0.05) is 17.1 Å². The van der Waals surface area contributed by atoms with Crippen molar-refractivity contribution in [1.82, 2.24) is 14.3 Å². The van der Waals surface area contributed by atoms with Crippen LogP contribution in [0.3, 0.4) is 0 Å². The molecule has 0 radical (unpaired) electrons. The number of amides is 1. The summed E-state index contributed by atoms with van der Waals surface area (Å²) in [6.07, 6.45) is 0.669. The number of nitrogens with zero attached hydrogens (tertiary/aromatic N) is 3. The summed E-state index contributed by atoms with van der Waals surface area (Å²) < 4.78 is 16.6. The second kappa shape index (κ2) is 8.18. The molecule has 7 heteroatoms. The second-order valence-corrected chi connectivity index (χ2v) is 7.54. The molecule has 31 heavy (non-hydrogen) atoms. The van der Waals surface area contributed by atoms with E-state index in [0.717, 1.165) is 27.9 Å². The molecule has 0 saturated carbocycles. The van der Waals surface area contributed by atoms with Crippen LogP contribution in [0, 0.1) is 19.7 Å². The number of rotatable bonds is 5. The molecule has 0 aliphatic carbocycles. The van der Waals surface area contributed by atoms with Crippen LogP contribution in [-0.2, 0) is 17.8 Å². The molecule has 0 bridgehead atoms. The number of pyridine rings is 1. The van der Waals surface area contributed by atoms with E-state index < -0.39 is 11.7 Å². The van der Waals surface area contributed by atoms with Gasteiger partial charge in [0.25, 0.3) is 5.56 Å². The number of aryl methyl sites for hydroxylation is 3. The Morgan fingerprint density at radius 1 is 1.10 bits per heavy atom. The maximum Gasteiger partial charge on any atom is 0.252 e. The van der Waals surface area contributed by atoms with E-state index in [1.807, 2.05) is 45.0 Å². The van der Waals surface area contributed by atoms with Gasteiger partial charge in [-0.3, -0.25) is 14.2 Å². The smallest absolute Gasteiger partial charge is 0.252 e. The number of carbonyl (C=O) groups excluding carboxylic acids is 1. The van der Waals surface area contributed by atoms with Gasteiger partial charge in [0.2, 0.25) is 5.91 Å². The van der Waals surface area contributed by atoms with Gasteiger partial charge in [-0.25, -0.2) is 9.07 Å². The molecule has 0 fully saturated rings. The third-order valence-corrected chi connectivity index (χ3v) is 5.25. The fraction of sp³-hybridized carbons (Fsp3) is 0.208. The van der Waals surface area contributed by atoms with Gasteiger partial charge in [-0.05, 0) is 56.2 Å². The van der Waals surface area contributed by atoms with Crippen molar-refractivity contribution in [1.29, 1.82) is 0 Å². The zero-order chi connectivity index (χ0) is 22.1. The minimum Gasteiger partial charge on any atom is -0.324 e. The van der Waals surface area contributed by atoms with Gasteiger partial charge in [-0.1, -0.05) is 30.7 Å². The Morgan fingerprint density at radius 3 is 2.52 bits per heavy atom. The van der Waals surface area contributed by atoms with Crippen molar-refractivity contribution in [2.24, 2.45) is 0 Å². The van der Waals surface area contributed by atoms with Gasteiger partial charge in [0.1, 0.15) is 18.0 Å². The highest BCUT2D eigenvalue weighted by Gasteiger charge is 2.19. The van der Waals surface area contributed by atoms with E-state index >= 15 is 0 Å². The normalized spacial score (nSPS) is 11.1. The molecular formula is C24H23FN4O2. The van der Waals surface area contributed by atoms with Gasteiger partial charge in [0.05, 0.1) is 11.4 Å². The molecule has 6 nitrogen and oxygen atoms in total. The minimum absolute atomic E-state index is 0.215. The molecule has 0 atom stereocenters. The van der Waals surface area contributed by atoms with Crippen LogP contribution in [0.2, 0.25) is 0 Å². The molecule has 0 aliphatic rings. The first-order valence-corrected chi connectivity index (χ1v) is 10.1. The third kappa shape index (κ3) is 3.99. The zero-order valence-electron chi connectivity index (χ0n) is 17.6. The summed E-state index contributed by atoms with van der Waals surface area (Å²) in [6, 6.07) is 15.0. The average molecular weight is 418 g/mol. The fourth-order valence-corrected chi connectivity index (χ4v) is 3.75. The first-order valence-electron chi connectivity index (χ1n) is 10.1. The van der Waals surface area contributed by atoms with Crippen LogP contribution in [0.4, 0.5) is 10.1 Å². The molecule has 158 valence electrons. The average Bonchev–Trinajstić information content (AvgIpc) is 3.07. The predicted molar refractivity (Wildman–Crippen MR) is 119 cm³/mol. The quantitative estimate of drug-likeness (QED) is 0.530. The van der Waals surface area contributed by atoms with Crippen LogP contribution in [0.5, 0.6) is 0 Å². The number of hydrogen-bond donors (Lipinski definition) is 1. The summed E-state index contributed by atoms with van der Waals surface area (Å²) in [5.74, 6) is -0.870. The zero-order valence-corrected chi connectivity index (χ0v) is 17.6. The number of aromatic nitrogens is 3. The lowest BCUT2D eigenvalue weighted by Crippen LogP contribution is -2.29. The number of nitrogens with one attached hydrogen (secondary N) is 1. The van der Waals surface area contributed by atoms with Crippen LogP contribution in [0.1, 0.15) is 23.7 Å². The molecule has 1 N–H and O–H groups in total. The molecule has 0 saturated heterocycles. The van der Waals surface area contributed by atoms with Crippen molar-refractivity contribution in [3.8, 4) is 5.69 Å². The van der Waals surface area contributed by atoms with Gasteiger partial charge < -0.3 is 5.32 Å². The van der Waals surface area contributed by atoms with Crippen LogP contribution < -0.4 is 10.9 Å². The number of carbonyl (C=O) groups is 1. The summed E-state index contributed by atoms with van der Waals surface area (Å²) in [5.41, 5.74) is 4.20. The standard InChI is InChI=1S/C24H23FN4O2/c1-4-17-12-22(31)28(14-21(30)26-19-7-5-6-18(25)13-19)24-23(17)16(3)27-29(24)20-10-8-15(2)9-11-20/h5-13H,4,14H2,1-3H3,(H,26,30). The number of fused-ring (bicyclic) bond motifs is 1. The molecule has 2 aromatic carbocycles. The second-order valence-electron chi connectivity index (χ2n) is 7.54. The highest BCUT2D eigenvalue weighted by atomic mass is 19.1. The van der Waals surface area contributed by atoms with Crippen LogP contribution in [-0.4, -0.2) is 20.3 Å². The molecule has 2 aromatic heterocycles.